The fourth-order valence-corrected chi connectivity index (χ4v) is 4.77. The number of fused-ring (bicyclic) bond motifs is 2. The summed E-state index contributed by atoms with van der Waals surface area (Å²) in [6.45, 7) is 6.08. The predicted octanol–water partition coefficient (Wildman–Crippen LogP) is 3.16. The summed E-state index contributed by atoms with van der Waals surface area (Å²) in [5.41, 5.74) is 1.87. The first-order valence-corrected chi connectivity index (χ1v) is 12.0. The van der Waals surface area contributed by atoms with Crippen LogP contribution in [0.2, 0.25) is 0 Å². The van der Waals surface area contributed by atoms with Gasteiger partial charge >= 0.3 is 0 Å². The zero-order valence-corrected chi connectivity index (χ0v) is 19.3. The highest BCUT2D eigenvalue weighted by molar-refractivity contribution is 8.00. The first kappa shape index (κ1) is 21.9. The molecule has 2 aromatic carbocycles. The summed E-state index contributed by atoms with van der Waals surface area (Å²) in [6.07, 6.45) is 0. The minimum absolute atomic E-state index is 0.0532. The number of morpholine rings is 1. The summed E-state index contributed by atoms with van der Waals surface area (Å²) >= 11 is 1.44. The van der Waals surface area contributed by atoms with Crippen molar-refractivity contribution in [1.82, 2.24) is 20.2 Å². The van der Waals surface area contributed by atoms with Crippen LogP contribution in [0, 0.1) is 0 Å². The number of carbonyl (C=O) groups is 1. The van der Waals surface area contributed by atoms with E-state index in [1.807, 2.05) is 49.4 Å². The average Bonchev–Trinajstić information content (AvgIpc) is 3.31. The molecule has 0 saturated carbocycles. The zero-order chi connectivity index (χ0) is 22.6. The lowest BCUT2D eigenvalue weighted by atomic mass is 10.1. The van der Waals surface area contributed by atoms with Crippen LogP contribution in [0.5, 0.6) is 11.5 Å². The molecule has 1 N–H and O–H groups in total. The Hall–Kier alpha value is -2.88. The predicted molar refractivity (Wildman–Crippen MR) is 125 cm³/mol. The molecule has 9 heteroatoms. The van der Waals surface area contributed by atoms with Gasteiger partial charge in [0.05, 0.1) is 37.1 Å². The Labute approximate surface area is 196 Å². The molecule has 1 saturated heterocycles. The number of benzene rings is 2. The Bertz CT molecular complexity index is 1150. The van der Waals surface area contributed by atoms with Crippen LogP contribution in [0.1, 0.15) is 24.4 Å². The molecule has 1 atom stereocenters. The van der Waals surface area contributed by atoms with E-state index in [4.69, 9.17) is 24.2 Å². The fraction of sp³-hybridized carbons (Fsp3) is 0.375. The molecule has 1 aromatic heterocycles. The third-order valence-corrected chi connectivity index (χ3v) is 6.69. The Morgan fingerprint density at radius 3 is 2.82 bits per heavy atom. The van der Waals surface area contributed by atoms with Crippen molar-refractivity contribution >= 4 is 28.6 Å². The normalized spacial score (nSPS) is 16.6. The zero-order valence-electron chi connectivity index (χ0n) is 18.5. The summed E-state index contributed by atoms with van der Waals surface area (Å²) in [4.78, 5) is 24.6. The molecule has 2 aliphatic rings. The Morgan fingerprint density at radius 2 is 1.94 bits per heavy atom. The highest BCUT2D eigenvalue weighted by atomic mass is 32.2. The van der Waals surface area contributed by atoms with E-state index in [9.17, 15) is 4.79 Å². The van der Waals surface area contributed by atoms with Crippen molar-refractivity contribution in [3.05, 3.63) is 53.9 Å². The number of carbonyl (C=O) groups excluding carboxylic acids is 1. The second-order valence-corrected chi connectivity index (χ2v) is 9.01. The number of aromatic nitrogens is 2. The van der Waals surface area contributed by atoms with Gasteiger partial charge in [0.25, 0.3) is 0 Å². The number of nitrogens with one attached hydrogen (secondary N) is 1. The minimum Gasteiger partial charge on any atom is -0.454 e. The number of ether oxygens (including phenoxy) is 3. The van der Waals surface area contributed by atoms with Crippen LogP contribution >= 0.6 is 11.8 Å². The summed E-state index contributed by atoms with van der Waals surface area (Å²) in [7, 11) is 0. The second-order valence-electron chi connectivity index (χ2n) is 8.04. The van der Waals surface area contributed by atoms with Gasteiger partial charge in [-0.1, -0.05) is 36.0 Å². The van der Waals surface area contributed by atoms with Gasteiger partial charge in [0, 0.05) is 18.5 Å². The van der Waals surface area contributed by atoms with Gasteiger partial charge in [-0.25, -0.2) is 9.97 Å². The van der Waals surface area contributed by atoms with E-state index in [0.29, 0.717) is 12.3 Å². The van der Waals surface area contributed by atoms with E-state index in [2.05, 4.69) is 10.2 Å². The van der Waals surface area contributed by atoms with Gasteiger partial charge in [0.1, 0.15) is 10.9 Å². The van der Waals surface area contributed by atoms with Gasteiger partial charge in [-0.2, -0.15) is 0 Å². The molecule has 33 heavy (non-hydrogen) atoms. The summed E-state index contributed by atoms with van der Waals surface area (Å²) < 4.78 is 16.2. The van der Waals surface area contributed by atoms with Crippen LogP contribution in [0.3, 0.4) is 0 Å². The van der Waals surface area contributed by atoms with E-state index >= 15 is 0 Å². The van der Waals surface area contributed by atoms with Gasteiger partial charge in [0.15, 0.2) is 11.5 Å². The van der Waals surface area contributed by atoms with Crippen molar-refractivity contribution in [3.8, 4) is 11.5 Å². The molecule has 0 aliphatic carbocycles. The molecule has 2 aliphatic heterocycles. The van der Waals surface area contributed by atoms with Crippen molar-refractivity contribution in [2.75, 3.05) is 38.8 Å². The number of hydrogen-bond acceptors (Lipinski definition) is 8. The lowest BCUT2D eigenvalue weighted by Gasteiger charge is -2.25. The minimum atomic E-state index is -0.147. The highest BCUT2D eigenvalue weighted by Gasteiger charge is 2.18. The molecule has 5 rings (SSSR count). The number of thioether (sulfide) groups is 1. The van der Waals surface area contributed by atoms with Crippen LogP contribution in [-0.2, 0) is 16.1 Å². The third-order valence-electron chi connectivity index (χ3n) is 5.70. The number of hydrogen-bond donors (Lipinski definition) is 1. The van der Waals surface area contributed by atoms with Crippen molar-refractivity contribution in [1.29, 1.82) is 0 Å². The Morgan fingerprint density at radius 1 is 1.12 bits per heavy atom. The Balaban J connectivity index is 1.25. The molecule has 8 nitrogen and oxygen atoms in total. The highest BCUT2D eigenvalue weighted by Crippen LogP contribution is 2.34. The molecule has 0 bridgehead atoms. The second kappa shape index (κ2) is 9.94. The van der Waals surface area contributed by atoms with E-state index in [1.165, 1.54) is 11.8 Å². The quantitative estimate of drug-likeness (QED) is 0.420. The van der Waals surface area contributed by atoms with Crippen LogP contribution in [0.25, 0.3) is 10.9 Å². The molecule has 0 spiro atoms. The fourth-order valence-electron chi connectivity index (χ4n) is 3.92. The largest absolute Gasteiger partial charge is 0.454 e. The van der Waals surface area contributed by atoms with Gasteiger partial charge in [0.2, 0.25) is 12.7 Å². The lowest BCUT2D eigenvalue weighted by molar-refractivity contribution is -0.119. The van der Waals surface area contributed by atoms with Gasteiger partial charge in [-0.15, -0.1) is 0 Å². The van der Waals surface area contributed by atoms with Crippen LogP contribution < -0.4 is 14.8 Å². The molecular formula is C24H26N4O4S. The van der Waals surface area contributed by atoms with Crippen LogP contribution in [0.15, 0.2) is 47.5 Å². The van der Waals surface area contributed by atoms with Gasteiger partial charge in [-0.3, -0.25) is 9.69 Å². The van der Waals surface area contributed by atoms with Crippen molar-refractivity contribution in [2.24, 2.45) is 0 Å². The summed E-state index contributed by atoms with van der Waals surface area (Å²) in [5, 5.41) is 4.86. The van der Waals surface area contributed by atoms with Crippen molar-refractivity contribution in [3.63, 3.8) is 0 Å². The number of para-hydroxylation sites is 1. The van der Waals surface area contributed by atoms with Gasteiger partial charge < -0.3 is 19.5 Å². The number of nitrogens with zero attached hydrogens (tertiary/aromatic N) is 3. The maximum absolute atomic E-state index is 12.7. The molecule has 3 aromatic rings. The summed E-state index contributed by atoms with van der Waals surface area (Å²) in [6, 6.07) is 13.5. The third kappa shape index (κ3) is 5.21. The molecule has 1 fully saturated rings. The smallest absolute Gasteiger partial charge is 0.231 e. The van der Waals surface area contributed by atoms with Crippen molar-refractivity contribution < 1.29 is 19.0 Å². The molecule has 1 amide bonds. The van der Waals surface area contributed by atoms with E-state index in [0.717, 1.165) is 59.4 Å². The lowest BCUT2D eigenvalue weighted by Crippen LogP contribution is -2.36. The first-order chi connectivity index (χ1) is 16.2. The Kier molecular flexibility index (Phi) is 6.61. The maximum atomic E-state index is 12.7. The van der Waals surface area contributed by atoms with E-state index in [-0.39, 0.29) is 24.5 Å². The van der Waals surface area contributed by atoms with E-state index < -0.39 is 0 Å². The molecular weight excluding hydrogens is 440 g/mol. The molecule has 0 radical (unpaired) electrons. The average molecular weight is 467 g/mol. The van der Waals surface area contributed by atoms with Crippen molar-refractivity contribution in [2.45, 2.75) is 24.5 Å². The summed E-state index contributed by atoms with van der Waals surface area (Å²) in [5.74, 6) is 2.43. The van der Waals surface area contributed by atoms with Crippen LogP contribution in [0.4, 0.5) is 0 Å². The first-order valence-electron chi connectivity index (χ1n) is 11.0. The van der Waals surface area contributed by atoms with Crippen LogP contribution in [-0.4, -0.2) is 59.6 Å². The standard InChI is InChI=1S/C24H26N4O4S/c1-16(17-6-7-20-21(12-17)32-15-31-20)25-23(29)14-33-24-18-4-2-3-5-19(18)26-22(27-24)13-28-8-10-30-11-9-28/h2-7,12,16H,8-11,13-15H2,1H3,(H,25,29). The number of rotatable bonds is 7. The van der Waals surface area contributed by atoms with E-state index in [1.54, 1.807) is 0 Å². The molecule has 1 unspecified atom stereocenters. The molecule has 3 heterocycles. The molecule has 172 valence electrons. The monoisotopic (exact) mass is 466 g/mol. The van der Waals surface area contributed by atoms with Gasteiger partial charge in [-0.05, 0) is 30.7 Å². The maximum Gasteiger partial charge on any atom is 0.231 e. The SMILES string of the molecule is CC(NC(=O)CSc1nc(CN2CCOCC2)nc2ccccc12)c1ccc2c(c1)OCO2. The number of amides is 1. The topological polar surface area (TPSA) is 85.8 Å².